The molecule has 0 amide bonds. The van der Waals surface area contributed by atoms with Crippen LogP contribution in [-0.4, -0.2) is 24.2 Å². The van der Waals surface area contributed by atoms with Gasteiger partial charge < -0.3 is 15.8 Å². The highest BCUT2D eigenvalue weighted by atomic mass is 19.1. The highest BCUT2D eigenvalue weighted by molar-refractivity contribution is 5.44. The Balaban J connectivity index is 2.00. The van der Waals surface area contributed by atoms with Gasteiger partial charge in [0, 0.05) is 25.1 Å². The van der Waals surface area contributed by atoms with Crippen molar-refractivity contribution in [3.8, 4) is 0 Å². The van der Waals surface area contributed by atoms with Crippen LogP contribution < -0.4 is 11.1 Å². The van der Waals surface area contributed by atoms with Crippen molar-refractivity contribution in [1.82, 2.24) is 4.98 Å². The van der Waals surface area contributed by atoms with Crippen LogP contribution >= 0.6 is 0 Å². The number of pyridine rings is 1. The number of hydrogen-bond donors (Lipinski definition) is 2. The summed E-state index contributed by atoms with van der Waals surface area (Å²) in [6.45, 7) is 3.33. The number of nitrogen functional groups attached to an aromatic ring is 1. The minimum absolute atomic E-state index is 0.00402. The van der Waals surface area contributed by atoms with E-state index in [0.29, 0.717) is 12.5 Å². The van der Waals surface area contributed by atoms with Crippen molar-refractivity contribution in [1.29, 1.82) is 0 Å². The molecule has 18 heavy (non-hydrogen) atoms. The largest absolute Gasteiger partial charge is 0.381 e. The van der Waals surface area contributed by atoms with Crippen LogP contribution in [0.4, 0.5) is 20.4 Å². The summed E-state index contributed by atoms with van der Waals surface area (Å²) >= 11 is 0. The molecule has 0 saturated carbocycles. The fourth-order valence-corrected chi connectivity index (χ4v) is 2.21. The number of halogens is 2. The Morgan fingerprint density at radius 2 is 2.28 bits per heavy atom. The number of anilines is 2. The van der Waals surface area contributed by atoms with Crippen molar-refractivity contribution < 1.29 is 13.5 Å². The topological polar surface area (TPSA) is 60.2 Å². The van der Waals surface area contributed by atoms with E-state index in [9.17, 15) is 8.78 Å². The van der Waals surface area contributed by atoms with E-state index < -0.39 is 11.6 Å². The van der Waals surface area contributed by atoms with Crippen LogP contribution in [0, 0.1) is 17.6 Å². The maximum atomic E-state index is 13.4. The fourth-order valence-electron chi connectivity index (χ4n) is 2.21. The number of nitrogens with zero attached hydrogens (tertiary/aromatic N) is 1. The number of rotatable bonds is 4. The van der Waals surface area contributed by atoms with Crippen molar-refractivity contribution >= 4 is 11.6 Å². The van der Waals surface area contributed by atoms with Gasteiger partial charge in [-0.05, 0) is 12.8 Å². The van der Waals surface area contributed by atoms with Gasteiger partial charge in [-0.15, -0.1) is 0 Å². The molecule has 2 unspecified atom stereocenters. The van der Waals surface area contributed by atoms with Crippen LogP contribution in [0.2, 0.25) is 0 Å². The lowest BCUT2D eigenvalue weighted by atomic mass is 10.00. The molecule has 0 bridgehead atoms. The molecule has 0 radical (unpaired) electrons. The summed E-state index contributed by atoms with van der Waals surface area (Å²) in [5.74, 6) is -1.55. The SMILES string of the molecule is CCC1OCCC1CNc1nc(N)c(F)cc1F. The number of nitrogens with two attached hydrogens (primary N) is 1. The van der Waals surface area contributed by atoms with Gasteiger partial charge >= 0.3 is 0 Å². The van der Waals surface area contributed by atoms with Gasteiger partial charge in [0.1, 0.15) is 0 Å². The molecule has 1 aromatic heterocycles. The number of hydrogen-bond acceptors (Lipinski definition) is 4. The van der Waals surface area contributed by atoms with Crippen LogP contribution in [0.1, 0.15) is 19.8 Å². The van der Waals surface area contributed by atoms with E-state index >= 15 is 0 Å². The molecule has 4 nitrogen and oxygen atoms in total. The van der Waals surface area contributed by atoms with Gasteiger partial charge in [0.05, 0.1) is 6.10 Å². The molecule has 0 aromatic carbocycles. The predicted octanol–water partition coefficient (Wildman–Crippen LogP) is 2.17. The first-order valence-electron chi connectivity index (χ1n) is 6.08. The zero-order chi connectivity index (χ0) is 13.1. The first-order valence-corrected chi connectivity index (χ1v) is 6.08. The van der Waals surface area contributed by atoms with Crippen molar-refractivity contribution in [3.63, 3.8) is 0 Å². The zero-order valence-electron chi connectivity index (χ0n) is 10.2. The van der Waals surface area contributed by atoms with E-state index in [2.05, 4.69) is 17.2 Å². The van der Waals surface area contributed by atoms with E-state index in [4.69, 9.17) is 10.5 Å². The Labute approximate surface area is 105 Å². The number of ether oxygens (including phenoxy) is 1. The Morgan fingerprint density at radius 3 is 3.00 bits per heavy atom. The smallest absolute Gasteiger partial charge is 0.168 e. The normalized spacial score (nSPS) is 23.3. The van der Waals surface area contributed by atoms with Crippen molar-refractivity contribution in [2.45, 2.75) is 25.9 Å². The quantitative estimate of drug-likeness (QED) is 0.867. The fraction of sp³-hybridized carbons (Fsp3) is 0.583. The third-order valence-corrected chi connectivity index (χ3v) is 3.24. The van der Waals surface area contributed by atoms with E-state index in [0.717, 1.165) is 25.5 Å². The average Bonchev–Trinajstić information content (AvgIpc) is 2.79. The summed E-state index contributed by atoms with van der Waals surface area (Å²) < 4.78 is 31.9. The minimum atomic E-state index is -0.839. The predicted molar refractivity (Wildman–Crippen MR) is 65.2 cm³/mol. The Hall–Kier alpha value is -1.43. The van der Waals surface area contributed by atoms with Crippen LogP contribution in [0.5, 0.6) is 0 Å². The molecule has 3 N–H and O–H groups in total. The van der Waals surface area contributed by atoms with Crippen molar-refractivity contribution in [2.24, 2.45) is 5.92 Å². The molecule has 1 aliphatic heterocycles. The third-order valence-electron chi connectivity index (χ3n) is 3.24. The second kappa shape index (κ2) is 5.48. The average molecular weight is 257 g/mol. The van der Waals surface area contributed by atoms with E-state index in [1.54, 1.807) is 0 Å². The van der Waals surface area contributed by atoms with Gasteiger partial charge in [-0.2, -0.15) is 0 Å². The number of aromatic nitrogens is 1. The summed E-state index contributed by atoms with van der Waals surface area (Å²) in [4.78, 5) is 3.66. The molecular formula is C12H17F2N3O. The van der Waals surface area contributed by atoms with Crippen LogP contribution in [-0.2, 0) is 4.74 Å². The van der Waals surface area contributed by atoms with E-state index in [1.807, 2.05) is 0 Å². The van der Waals surface area contributed by atoms with Crippen LogP contribution in [0.25, 0.3) is 0 Å². The van der Waals surface area contributed by atoms with Gasteiger partial charge in [-0.25, -0.2) is 13.8 Å². The van der Waals surface area contributed by atoms with Gasteiger partial charge in [0.15, 0.2) is 23.3 Å². The molecule has 0 aliphatic carbocycles. The van der Waals surface area contributed by atoms with Crippen LogP contribution in [0.15, 0.2) is 6.07 Å². The Bertz CT molecular complexity index is 428. The molecule has 6 heteroatoms. The molecule has 1 aliphatic rings. The molecule has 1 fully saturated rings. The maximum Gasteiger partial charge on any atom is 0.168 e. The first-order chi connectivity index (χ1) is 8.61. The molecular weight excluding hydrogens is 240 g/mol. The second-order valence-electron chi connectivity index (χ2n) is 4.43. The maximum absolute atomic E-state index is 13.4. The summed E-state index contributed by atoms with van der Waals surface area (Å²) in [5, 5.41) is 2.87. The Kier molecular flexibility index (Phi) is 3.96. The van der Waals surface area contributed by atoms with Crippen molar-refractivity contribution in [2.75, 3.05) is 24.2 Å². The lowest BCUT2D eigenvalue weighted by Crippen LogP contribution is -2.23. The standard InChI is InChI=1S/C12H17F2N3O/c1-2-10-7(3-4-18-10)6-16-12-9(14)5-8(13)11(15)17-12/h5,7,10H,2-4,6H2,1H3,(H3,15,16,17). The highest BCUT2D eigenvalue weighted by Gasteiger charge is 2.26. The zero-order valence-corrected chi connectivity index (χ0v) is 10.2. The molecule has 2 rings (SSSR count). The molecule has 2 atom stereocenters. The summed E-state index contributed by atoms with van der Waals surface area (Å²) in [6, 6.07) is 0.743. The van der Waals surface area contributed by atoms with Gasteiger partial charge in [-0.3, -0.25) is 0 Å². The summed E-state index contributed by atoms with van der Waals surface area (Å²) in [5.41, 5.74) is 5.31. The second-order valence-corrected chi connectivity index (χ2v) is 4.43. The Morgan fingerprint density at radius 1 is 1.50 bits per heavy atom. The first kappa shape index (κ1) is 13.0. The molecule has 100 valence electrons. The van der Waals surface area contributed by atoms with E-state index in [1.165, 1.54) is 0 Å². The summed E-state index contributed by atoms with van der Waals surface area (Å²) in [6.07, 6.45) is 2.05. The molecule has 2 heterocycles. The minimum Gasteiger partial charge on any atom is -0.381 e. The van der Waals surface area contributed by atoms with E-state index in [-0.39, 0.29) is 17.7 Å². The van der Waals surface area contributed by atoms with Crippen molar-refractivity contribution in [3.05, 3.63) is 17.7 Å². The van der Waals surface area contributed by atoms with Gasteiger partial charge in [0.25, 0.3) is 0 Å². The highest BCUT2D eigenvalue weighted by Crippen LogP contribution is 2.24. The van der Waals surface area contributed by atoms with Crippen LogP contribution in [0.3, 0.4) is 0 Å². The van der Waals surface area contributed by atoms with Gasteiger partial charge in [0.2, 0.25) is 0 Å². The third kappa shape index (κ3) is 2.69. The summed E-state index contributed by atoms with van der Waals surface area (Å²) in [7, 11) is 0. The molecule has 1 aromatic rings. The molecule has 1 saturated heterocycles. The lowest BCUT2D eigenvalue weighted by molar-refractivity contribution is 0.0900. The monoisotopic (exact) mass is 257 g/mol. The van der Waals surface area contributed by atoms with Gasteiger partial charge in [-0.1, -0.05) is 6.92 Å². The molecule has 0 spiro atoms. The number of nitrogens with one attached hydrogen (secondary N) is 1. The lowest BCUT2D eigenvalue weighted by Gasteiger charge is -2.17.